The number of hydrogen-bond acceptors (Lipinski definition) is 24. The van der Waals surface area contributed by atoms with E-state index < -0.39 is 37.6 Å². The molecule has 3 amide bonds. The lowest BCUT2D eigenvalue weighted by Crippen LogP contribution is -2.39. The number of rotatable bonds is 58. The first-order valence-corrected chi connectivity index (χ1v) is 24.4. The molecule has 7 N–H and O–H groups in total. The van der Waals surface area contributed by atoms with Crippen molar-refractivity contribution in [1.82, 2.24) is 26.6 Å². The van der Waals surface area contributed by atoms with Gasteiger partial charge in [-0.15, -0.1) is 0 Å². The van der Waals surface area contributed by atoms with Crippen molar-refractivity contribution in [3.63, 3.8) is 0 Å². The van der Waals surface area contributed by atoms with Crippen LogP contribution in [0, 0.1) is 0 Å². The van der Waals surface area contributed by atoms with Crippen LogP contribution in [0.15, 0.2) is 0 Å². The molecule has 0 aromatic heterocycles. The second kappa shape index (κ2) is 59.7. The van der Waals surface area contributed by atoms with Crippen LogP contribution in [0.1, 0.15) is 0 Å². The van der Waals surface area contributed by atoms with E-state index >= 15 is 0 Å². The van der Waals surface area contributed by atoms with Gasteiger partial charge in [0.2, 0.25) is 0 Å². The number of amides is 3. The minimum atomic E-state index is -1.14. The number of nitrogens with one attached hydrogen (secondary N) is 5. The summed E-state index contributed by atoms with van der Waals surface area (Å²) in [5.41, 5.74) is 5.36. The third-order valence-corrected chi connectivity index (χ3v) is 8.34. The molecule has 0 aliphatic heterocycles. The molecule has 0 atom stereocenters. The Bertz CT molecular complexity index is 1060. The lowest BCUT2D eigenvalue weighted by Gasteiger charge is -2.19. The molecule has 27 nitrogen and oxygen atoms in total. The molecule has 0 spiro atoms. The Morgan fingerprint density at radius 2 is 0.521 bits per heavy atom. The van der Waals surface area contributed by atoms with E-state index in [-0.39, 0.29) is 46.1 Å². The van der Waals surface area contributed by atoms with Crippen LogP contribution in [0.5, 0.6) is 0 Å². The second-order valence-electron chi connectivity index (χ2n) is 14.2. The van der Waals surface area contributed by atoms with Gasteiger partial charge >= 0.3 is 18.3 Å². The van der Waals surface area contributed by atoms with Crippen LogP contribution >= 0.6 is 0 Å². The molecule has 0 saturated carbocycles. The molecule has 0 radical (unpaired) electrons. The molecular weight excluding hydrogens is 949 g/mol. The largest absolute Gasteiger partial charge is 0.445 e. The van der Waals surface area contributed by atoms with Crippen molar-refractivity contribution in [2.75, 3.05) is 265 Å². The maximum absolute atomic E-state index is 12.6. The highest BCUT2D eigenvalue weighted by Gasteiger charge is 2.19. The van der Waals surface area contributed by atoms with Crippen LogP contribution in [-0.4, -0.2) is 289 Å². The van der Waals surface area contributed by atoms with Crippen molar-refractivity contribution in [3.8, 4) is 0 Å². The lowest BCUT2D eigenvalue weighted by molar-refractivity contribution is -0.0114. The molecule has 0 fully saturated rings. The fourth-order valence-corrected chi connectivity index (χ4v) is 4.80. The van der Waals surface area contributed by atoms with Gasteiger partial charge < -0.3 is 118 Å². The SMILES string of the molecule is CNCCOCCOCCOCCOCCOCCNC(=O)OCC(COC(=O)NCCOCCOCCOCCOCCOCCNC)OC(=O)NCCOCCOCCOCCOCCOCCN. The van der Waals surface area contributed by atoms with E-state index in [1.807, 2.05) is 14.1 Å². The smallest absolute Gasteiger partial charge is 0.407 e. The zero-order valence-corrected chi connectivity index (χ0v) is 42.6. The van der Waals surface area contributed by atoms with E-state index in [4.69, 9.17) is 91.0 Å². The van der Waals surface area contributed by atoms with Gasteiger partial charge in [-0.2, -0.15) is 0 Å². The molecule has 0 aromatic carbocycles. The van der Waals surface area contributed by atoms with Crippen LogP contribution in [0.2, 0.25) is 0 Å². The fraction of sp³-hybridized carbons (Fsp3) is 0.932. The van der Waals surface area contributed by atoms with Gasteiger partial charge in [-0.25, -0.2) is 14.4 Å². The minimum Gasteiger partial charge on any atom is -0.445 e. The summed E-state index contributed by atoms with van der Waals surface area (Å²) in [4.78, 5) is 37.3. The monoisotopic (exact) mass is 1040 g/mol. The summed E-state index contributed by atoms with van der Waals surface area (Å²) in [6, 6.07) is 0. The molecule has 0 aromatic rings. The number of carbonyl (C=O) groups excluding carboxylic acids is 3. The zero-order valence-electron chi connectivity index (χ0n) is 42.6. The molecule has 27 heteroatoms. The summed E-state index contributed by atoms with van der Waals surface area (Å²) in [5.74, 6) is 0. The summed E-state index contributed by atoms with van der Waals surface area (Å²) in [6.07, 6.45) is -3.56. The van der Waals surface area contributed by atoms with Gasteiger partial charge in [0, 0.05) is 39.3 Å². The van der Waals surface area contributed by atoms with Crippen molar-refractivity contribution >= 4 is 18.3 Å². The normalized spacial score (nSPS) is 11.3. The average molecular weight is 1040 g/mol. The van der Waals surface area contributed by atoms with Gasteiger partial charge in [0.15, 0.2) is 6.10 Å². The highest BCUT2D eigenvalue weighted by Crippen LogP contribution is 1.99. The van der Waals surface area contributed by atoms with Gasteiger partial charge in [-0.3, -0.25) is 0 Å². The molecular formula is C44H90N6O21. The number of ether oxygens (including phenoxy) is 18. The molecule has 0 unspecified atom stereocenters. The number of hydrogen-bond donors (Lipinski definition) is 6. The summed E-state index contributed by atoms with van der Waals surface area (Å²) in [5, 5.41) is 13.6. The van der Waals surface area contributed by atoms with E-state index in [9.17, 15) is 14.4 Å². The molecule has 0 aliphatic rings. The van der Waals surface area contributed by atoms with Gasteiger partial charge in [0.1, 0.15) is 13.2 Å². The van der Waals surface area contributed by atoms with Crippen LogP contribution in [0.3, 0.4) is 0 Å². The van der Waals surface area contributed by atoms with Crippen molar-refractivity contribution in [2.24, 2.45) is 5.73 Å². The minimum absolute atomic E-state index is 0.111. The Hall–Kier alpha value is -2.91. The Kier molecular flexibility index (Phi) is 57.2. The third kappa shape index (κ3) is 57.9. The van der Waals surface area contributed by atoms with Gasteiger partial charge in [-0.05, 0) is 14.1 Å². The van der Waals surface area contributed by atoms with E-state index in [1.54, 1.807) is 0 Å². The predicted octanol–water partition coefficient (Wildman–Crippen LogP) is -1.82. The second-order valence-corrected chi connectivity index (χ2v) is 14.2. The molecule has 0 bridgehead atoms. The Labute approximate surface area is 420 Å². The van der Waals surface area contributed by atoms with E-state index in [0.717, 1.165) is 13.1 Å². The lowest BCUT2D eigenvalue weighted by atomic mass is 10.4. The summed E-state index contributed by atoms with van der Waals surface area (Å²) in [7, 11) is 3.74. The number of likely N-dealkylation sites (N-methyl/N-ethyl adjacent to an activating group) is 2. The summed E-state index contributed by atoms with van der Waals surface area (Å²) in [6.45, 7) is 14.2. The van der Waals surface area contributed by atoms with Gasteiger partial charge in [0.25, 0.3) is 0 Å². The topological polar surface area (TPSA) is 304 Å². The quantitative estimate of drug-likeness (QED) is 0.0289. The average Bonchev–Trinajstić information content (AvgIpc) is 3.37. The standard InChI is InChI=1S/C44H90N6O21/c1-46-4-10-55-16-22-61-28-34-67-37-30-63-24-18-57-12-6-48-42(51)69-39-41(71-44(53)50-8-14-59-20-26-65-32-36-66-33-27-60-21-15-54-9-3-45)40-70-43(52)49-7-13-58-19-25-64-31-38-68-35-29-62-23-17-56-11-5-47-2/h41,46-47H,3-40,45H2,1-2H3,(H,48,51)(H,49,52)(H,50,53). The molecule has 0 rings (SSSR count). The van der Waals surface area contributed by atoms with E-state index in [1.165, 1.54) is 0 Å². The van der Waals surface area contributed by atoms with E-state index in [2.05, 4.69) is 26.6 Å². The molecule has 71 heavy (non-hydrogen) atoms. The highest BCUT2D eigenvalue weighted by atomic mass is 16.6. The maximum Gasteiger partial charge on any atom is 0.407 e. The van der Waals surface area contributed by atoms with Crippen molar-refractivity contribution in [2.45, 2.75) is 6.10 Å². The predicted molar refractivity (Wildman–Crippen MR) is 256 cm³/mol. The Morgan fingerprint density at radius 1 is 0.310 bits per heavy atom. The van der Waals surface area contributed by atoms with Gasteiger partial charge in [-0.1, -0.05) is 0 Å². The summed E-state index contributed by atoms with van der Waals surface area (Å²) < 4.78 is 97.2. The van der Waals surface area contributed by atoms with Crippen LogP contribution in [0.4, 0.5) is 14.4 Å². The van der Waals surface area contributed by atoms with Gasteiger partial charge in [0.05, 0.1) is 198 Å². The van der Waals surface area contributed by atoms with Crippen molar-refractivity contribution in [1.29, 1.82) is 0 Å². The molecule has 0 saturated heterocycles. The fourth-order valence-electron chi connectivity index (χ4n) is 4.80. The van der Waals surface area contributed by atoms with Crippen LogP contribution in [0.25, 0.3) is 0 Å². The number of alkyl carbamates (subject to hydrolysis) is 3. The first-order chi connectivity index (χ1) is 35.0. The molecule has 0 heterocycles. The maximum atomic E-state index is 12.6. The number of nitrogens with two attached hydrogens (primary N) is 1. The number of carbonyl (C=O) groups is 3. The van der Waals surface area contributed by atoms with Crippen LogP contribution in [-0.2, 0) is 85.3 Å². The molecule has 422 valence electrons. The first kappa shape index (κ1) is 68.1. The Balaban J connectivity index is 4.28. The van der Waals surface area contributed by atoms with E-state index in [0.29, 0.717) is 178 Å². The molecule has 0 aliphatic carbocycles. The highest BCUT2D eigenvalue weighted by molar-refractivity contribution is 5.69. The third-order valence-electron chi connectivity index (χ3n) is 8.34. The summed E-state index contributed by atoms with van der Waals surface area (Å²) >= 11 is 0. The van der Waals surface area contributed by atoms with Crippen molar-refractivity contribution in [3.05, 3.63) is 0 Å². The van der Waals surface area contributed by atoms with Crippen LogP contribution < -0.4 is 32.3 Å². The Morgan fingerprint density at radius 3 is 0.761 bits per heavy atom. The van der Waals surface area contributed by atoms with Crippen molar-refractivity contribution < 1.29 is 99.6 Å². The first-order valence-electron chi connectivity index (χ1n) is 24.4. The zero-order chi connectivity index (χ0) is 51.4.